The molecule has 6 nitrogen and oxygen atoms in total. The number of H-pyrrole nitrogens is 2. The van der Waals surface area contributed by atoms with Crippen LogP contribution >= 0.6 is 0 Å². The molecule has 1 aromatic carbocycles. The molecule has 0 fully saturated rings. The number of aromatic amines is 2. The van der Waals surface area contributed by atoms with Crippen LogP contribution in [0.4, 0.5) is 0 Å². The lowest BCUT2D eigenvalue weighted by molar-refractivity contribution is 0.533. The van der Waals surface area contributed by atoms with Crippen molar-refractivity contribution in [2.45, 2.75) is 59.0 Å². The van der Waals surface area contributed by atoms with E-state index in [0.717, 1.165) is 47.2 Å². The van der Waals surface area contributed by atoms with E-state index in [4.69, 9.17) is 0 Å². The monoisotopic (exact) mass is 363 g/mol. The number of aromatic nitrogens is 5. The summed E-state index contributed by atoms with van der Waals surface area (Å²) in [7, 11) is 0. The SMILES string of the molecule is CC(C)n1c(=O)n(C(C)C)c2cc3c4c([nH]c3cc21)-c1[nH]ncc1CCC4. The van der Waals surface area contributed by atoms with Crippen LogP contribution in [0.1, 0.15) is 57.3 Å². The third kappa shape index (κ3) is 2.19. The van der Waals surface area contributed by atoms with Crippen molar-refractivity contribution in [2.24, 2.45) is 0 Å². The lowest BCUT2D eigenvalue weighted by Crippen LogP contribution is -2.26. The molecule has 6 heteroatoms. The fourth-order valence-corrected chi connectivity index (χ4v) is 4.63. The Morgan fingerprint density at radius 2 is 1.70 bits per heavy atom. The quantitative estimate of drug-likeness (QED) is 0.556. The number of hydrogen-bond acceptors (Lipinski definition) is 2. The molecule has 2 N–H and O–H groups in total. The summed E-state index contributed by atoms with van der Waals surface area (Å²) in [5.74, 6) is 0. The summed E-state index contributed by atoms with van der Waals surface area (Å²) in [6.45, 7) is 8.28. The van der Waals surface area contributed by atoms with Gasteiger partial charge in [-0.2, -0.15) is 5.10 Å². The molecule has 5 rings (SSSR count). The summed E-state index contributed by atoms with van der Waals surface area (Å²) in [6, 6.07) is 4.59. The number of benzene rings is 1. The van der Waals surface area contributed by atoms with Gasteiger partial charge < -0.3 is 4.98 Å². The van der Waals surface area contributed by atoms with Gasteiger partial charge in [0.05, 0.1) is 28.6 Å². The van der Waals surface area contributed by atoms with Gasteiger partial charge in [-0.05, 0) is 70.2 Å². The first-order chi connectivity index (χ1) is 13.0. The molecule has 0 unspecified atom stereocenters. The van der Waals surface area contributed by atoms with E-state index in [1.165, 1.54) is 16.5 Å². The normalized spacial score (nSPS) is 14.3. The van der Waals surface area contributed by atoms with Crippen LogP contribution in [0.2, 0.25) is 0 Å². The number of fused-ring (bicyclic) bond motifs is 6. The first-order valence-corrected chi connectivity index (χ1v) is 9.81. The fourth-order valence-electron chi connectivity index (χ4n) is 4.63. The zero-order chi connectivity index (χ0) is 18.9. The Labute approximate surface area is 157 Å². The fraction of sp³-hybridized carbons (Fsp3) is 0.429. The minimum Gasteiger partial charge on any atom is -0.353 e. The molecule has 0 spiro atoms. The van der Waals surface area contributed by atoms with E-state index in [9.17, 15) is 4.79 Å². The number of aryl methyl sites for hydroxylation is 2. The van der Waals surface area contributed by atoms with Gasteiger partial charge in [-0.25, -0.2) is 4.79 Å². The average molecular weight is 363 g/mol. The van der Waals surface area contributed by atoms with E-state index >= 15 is 0 Å². The van der Waals surface area contributed by atoms with Gasteiger partial charge >= 0.3 is 5.69 Å². The summed E-state index contributed by atoms with van der Waals surface area (Å²) >= 11 is 0. The van der Waals surface area contributed by atoms with E-state index in [2.05, 4.69) is 55.0 Å². The van der Waals surface area contributed by atoms with Gasteiger partial charge in [0, 0.05) is 23.0 Å². The van der Waals surface area contributed by atoms with Crippen molar-refractivity contribution in [3.8, 4) is 11.4 Å². The van der Waals surface area contributed by atoms with E-state index in [1.54, 1.807) is 0 Å². The Morgan fingerprint density at radius 1 is 1.00 bits per heavy atom. The molecule has 0 saturated carbocycles. The summed E-state index contributed by atoms with van der Waals surface area (Å²) < 4.78 is 3.83. The Morgan fingerprint density at radius 3 is 2.41 bits per heavy atom. The van der Waals surface area contributed by atoms with Crippen molar-refractivity contribution in [2.75, 3.05) is 0 Å². The van der Waals surface area contributed by atoms with Gasteiger partial charge in [-0.3, -0.25) is 14.2 Å². The summed E-state index contributed by atoms with van der Waals surface area (Å²) in [4.78, 5) is 16.7. The van der Waals surface area contributed by atoms with Crippen molar-refractivity contribution in [3.63, 3.8) is 0 Å². The maximum absolute atomic E-state index is 13.0. The molecule has 140 valence electrons. The third-order valence-corrected chi connectivity index (χ3v) is 5.81. The van der Waals surface area contributed by atoms with Crippen LogP contribution in [0.15, 0.2) is 23.1 Å². The number of hydrogen-bond donors (Lipinski definition) is 2. The molecular formula is C21H25N5O. The highest BCUT2D eigenvalue weighted by Crippen LogP contribution is 2.37. The number of imidazole rings is 1. The Balaban J connectivity index is 1.89. The van der Waals surface area contributed by atoms with Gasteiger partial charge in [-0.15, -0.1) is 0 Å². The van der Waals surface area contributed by atoms with Crippen molar-refractivity contribution >= 4 is 21.9 Å². The van der Waals surface area contributed by atoms with Crippen molar-refractivity contribution in [1.29, 1.82) is 0 Å². The molecule has 0 bridgehead atoms. The number of nitrogens with zero attached hydrogens (tertiary/aromatic N) is 3. The second-order valence-electron chi connectivity index (χ2n) is 8.20. The van der Waals surface area contributed by atoms with Crippen molar-refractivity contribution in [1.82, 2.24) is 24.3 Å². The molecule has 4 aromatic rings. The van der Waals surface area contributed by atoms with Crippen LogP contribution in [0.3, 0.4) is 0 Å². The Hall–Kier alpha value is -2.76. The smallest absolute Gasteiger partial charge is 0.329 e. The standard InChI is InChI=1S/C21H25N5O/c1-11(2)25-17-8-15-14-7-5-6-13-10-22-24-19(13)20(14)23-16(15)9-18(17)26(12(3)4)21(25)27/h8-12,23H,5-7H2,1-4H3,(H,22,24). The van der Waals surface area contributed by atoms with Crippen molar-refractivity contribution < 1.29 is 0 Å². The number of nitrogens with one attached hydrogen (secondary N) is 2. The molecule has 1 aliphatic carbocycles. The average Bonchev–Trinajstić information content (AvgIpc) is 3.24. The Bertz CT molecular complexity index is 1230. The zero-order valence-corrected chi connectivity index (χ0v) is 16.3. The lowest BCUT2D eigenvalue weighted by atomic mass is 10.1. The maximum atomic E-state index is 13.0. The lowest BCUT2D eigenvalue weighted by Gasteiger charge is -2.07. The first kappa shape index (κ1) is 16.4. The van der Waals surface area contributed by atoms with E-state index < -0.39 is 0 Å². The van der Waals surface area contributed by atoms with Crippen LogP contribution in [-0.4, -0.2) is 24.3 Å². The van der Waals surface area contributed by atoms with Gasteiger partial charge in [0.25, 0.3) is 0 Å². The van der Waals surface area contributed by atoms with E-state index in [-0.39, 0.29) is 17.8 Å². The highest BCUT2D eigenvalue weighted by atomic mass is 16.1. The van der Waals surface area contributed by atoms with Gasteiger partial charge in [-0.1, -0.05) is 0 Å². The minimum absolute atomic E-state index is 0.0737. The first-order valence-electron chi connectivity index (χ1n) is 9.81. The van der Waals surface area contributed by atoms with Gasteiger partial charge in [0.1, 0.15) is 0 Å². The highest BCUT2D eigenvalue weighted by Gasteiger charge is 2.23. The van der Waals surface area contributed by atoms with E-state index in [0.29, 0.717) is 0 Å². The molecule has 1 aliphatic rings. The summed E-state index contributed by atoms with van der Waals surface area (Å²) in [6.07, 6.45) is 5.11. The number of rotatable bonds is 2. The molecule has 0 aliphatic heterocycles. The predicted molar refractivity (Wildman–Crippen MR) is 108 cm³/mol. The molecule has 0 amide bonds. The molecular weight excluding hydrogens is 338 g/mol. The van der Waals surface area contributed by atoms with Gasteiger partial charge in [0.15, 0.2) is 0 Å². The molecule has 0 saturated heterocycles. The molecule has 27 heavy (non-hydrogen) atoms. The maximum Gasteiger partial charge on any atom is 0.329 e. The van der Waals surface area contributed by atoms with Gasteiger partial charge in [0.2, 0.25) is 0 Å². The molecule has 3 heterocycles. The molecule has 0 atom stereocenters. The third-order valence-electron chi connectivity index (χ3n) is 5.81. The highest BCUT2D eigenvalue weighted by molar-refractivity contribution is 5.99. The second kappa shape index (κ2) is 5.62. The summed E-state index contributed by atoms with van der Waals surface area (Å²) in [5.41, 5.74) is 8.04. The zero-order valence-electron chi connectivity index (χ0n) is 16.3. The van der Waals surface area contributed by atoms with Crippen LogP contribution in [0.5, 0.6) is 0 Å². The van der Waals surface area contributed by atoms with Crippen LogP contribution in [0, 0.1) is 0 Å². The largest absolute Gasteiger partial charge is 0.353 e. The van der Waals surface area contributed by atoms with E-state index in [1.807, 2.05) is 15.3 Å². The summed E-state index contributed by atoms with van der Waals surface area (Å²) in [5, 5.41) is 8.65. The minimum atomic E-state index is 0.0737. The topological polar surface area (TPSA) is 71.4 Å². The van der Waals surface area contributed by atoms with Crippen LogP contribution < -0.4 is 5.69 Å². The Kier molecular flexibility index (Phi) is 3.41. The van der Waals surface area contributed by atoms with Crippen molar-refractivity contribution in [3.05, 3.63) is 39.9 Å². The second-order valence-corrected chi connectivity index (χ2v) is 8.20. The van der Waals surface area contributed by atoms with Crippen LogP contribution in [0.25, 0.3) is 33.3 Å². The van der Waals surface area contributed by atoms with Crippen LogP contribution in [-0.2, 0) is 12.8 Å². The predicted octanol–water partition coefficient (Wildman–Crippen LogP) is 4.32. The molecule has 3 aromatic heterocycles. The molecule has 0 radical (unpaired) electrons.